The first-order chi connectivity index (χ1) is 27.6. The molecular weight excluding hydrogens is 739 g/mol. The number of H-pyrrole nitrogens is 1. The summed E-state index contributed by atoms with van der Waals surface area (Å²) in [5.41, 5.74) is 5.62. The number of aromatic nitrogens is 2. The summed E-state index contributed by atoms with van der Waals surface area (Å²) in [4.78, 5) is 73.5. The fraction of sp³-hybridized carbons (Fsp3) is 0.455. The molecule has 1 saturated heterocycles. The summed E-state index contributed by atoms with van der Waals surface area (Å²) < 4.78 is 5.36. The first-order valence-corrected chi connectivity index (χ1v) is 20.2. The van der Waals surface area contributed by atoms with E-state index in [-0.39, 0.29) is 36.0 Å². The number of nitrogens with zero attached hydrogens (tertiary/aromatic N) is 2. The molecule has 6 N–H and O–H groups in total. The number of anilines is 1. The Bertz CT molecular complexity index is 2130. The lowest BCUT2D eigenvalue weighted by Crippen LogP contribution is -2.52. The maximum Gasteiger partial charge on any atom is 0.408 e. The highest BCUT2D eigenvalue weighted by atomic mass is 16.6. The van der Waals surface area contributed by atoms with Crippen molar-refractivity contribution < 1.29 is 33.8 Å². The summed E-state index contributed by atoms with van der Waals surface area (Å²) in [7, 11) is 0. The monoisotopic (exact) mass is 793 g/mol. The quantitative estimate of drug-likeness (QED) is 0.0928. The number of likely N-dealkylation sites (tertiary alicyclic amines) is 1. The molecule has 1 aliphatic heterocycles. The molecule has 1 saturated carbocycles. The van der Waals surface area contributed by atoms with Crippen molar-refractivity contribution in [3.63, 3.8) is 0 Å². The zero-order valence-corrected chi connectivity index (χ0v) is 33.9. The highest BCUT2D eigenvalue weighted by Crippen LogP contribution is 2.30. The molecule has 308 valence electrons. The van der Waals surface area contributed by atoms with Crippen LogP contribution >= 0.6 is 0 Å². The van der Waals surface area contributed by atoms with Crippen molar-refractivity contribution in [2.24, 2.45) is 11.8 Å². The number of amides is 5. The van der Waals surface area contributed by atoms with E-state index in [1.54, 1.807) is 18.2 Å². The minimum Gasteiger partial charge on any atom is -0.465 e. The maximum atomic E-state index is 13.9. The normalized spacial score (nSPS) is 18.8. The summed E-state index contributed by atoms with van der Waals surface area (Å²) in [6.07, 6.45) is 3.24. The lowest BCUT2D eigenvalue weighted by molar-refractivity contribution is -0.130. The number of nitrogens with one attached hydrogen (secondary N) is 5. The standard InChI is InChI=1S/C44H55N7O7/c1-26-22-32(40(53)50-38-8-6-7-21-51(38)43(56)57)17-19-34(26)30-13-9-28(10-14-30)23-37(41(54)48-33-18-20-35-36(24-33)47-27(2)46-35)49-39(52)31-15-11-29(12-16-31)25-45-42(55)58-44(3,4)5/h9-10,13-14,17-20,22,24,29,31,37-38H,6-8,11-12,15-16,21,23,25H2,1-5H3,(H,45,55)(H,46,47)(H,48,54)(H,49,52)(H,50,53)(H,56,57)/t29?,31?,37-,38?/m0/s1. The second-order valence-electron chi connectivity index (χ2n) is 16.6. The van der Waals surface area contributed by atoms with E-state index in [0.29, 0.717) is 43.6 Å². The van der Waals surface area contributed by atoms with Crippen LogP contribution < -0.4 is 21.3 Å². The van der Waals surface area contributed by atoms with Crippen molar-refractivity contribution in [2.45, 2.75) is 104 Å². The maximum absolute atomic E-state index is 13.9. The number of hydrogen-bond acceptors (Lipinski definition) is 7. The van der Waals surface area contributed by atoms with Gasteiger partial charge < -0.3 is 36.1 Å². The summed E-state index contributed by atoms with van der Waals surface area (Å²) in [6.45, 7) is 10.1. The van der Waals surface area contributed by atoms with E-state index in [0.717, 1.165) is 64.8 Å². The van der Waals surface area contributed by atoms with Crippen molar-refractivity contribution in [2.75, 3.05) is 18.4 Å². The van der Waals surface area contributed by atoms with Crippen LogP contribution in [0.5, 0.6) is 0 Å². The first kappa shape index (κ1) is 41.7. The Hall–Kier alpha value is -5.92. The fourth-order valence-corrected chi connectivity index (χ4v) is 7.84. The zero-order valence-electron chi connectivity index (χ0n) is 33.9. The predicted molar refractivity (Wildman–Crippen MR) is 221 cm³/mol. The van der Waals surface area contributed by atoms with Gasteiger partial charge in [-0.1, -0.05) is 30.3 Å². The van der Waals surface area contributed by atoms with Gasteiger partial charge >= 0.3 is 12.2 Å². The summed E-state index contributed by atoms with van der Waals surface area (Å²) in [5.74, 6) is -0.0910. The van der Waals surface area contributed by atoms with Crippen LogP contribution in [0.25, 0.3) is 22.2 Å². The van der Waals surface area contributed by atoms with Crippen LogP contribution in [-0.2, 0) is 20.7 Å². The molecule has 2 fully saturated rings. The molecule has 2 heterocycles. The van der Waals surface area contributed by atoms with Crippen molar-refractivity contribution in [3.05, 3.63) is 83.2 Å². The van der Waals surface area contributed by atoms with Crippen molar-refractivity contribution in [1.82, 2.24) is 30.8 Å². The Kier molecular flexibility index (Phi) is 13.0. The third kappa shape index (κ3) is 10.9. The molecule has 58 heavy (non-hydrogen) atoms. The van der Waals surface area contributed by atoms with E-state index in [4.69, 9.17) is 4.74 Å². The van der Waals surface area contributed by atoms with Gasteiger partial charge in [0, 0.05) is 36.7 Å². The fourth-order valence-electron chi connectivity index (χ4n) is 7.84. The minimum absolute atomic E-state index is 0.172. The number of rotatable bonds is 11. The molecule has 6 rings (SSSR count). The molecule has 2 atom stereocenters. The van der Waals surface area contributed by atoms with Crippen molar-refractivity contribution in [3.8, 4) is 11.1 Å². The topological polar surface area (TPSA) is 195 Å². The molecule has 1 unspecified atom stereocenters. The number of benzene rings is 3. The van der Waals surface area contributed by atoms with Crippen molar-refractivity contribution in [1.29, 1.82) is 0 Å². The molecule has 3 aromatic carbocycles. The first-order valence-electron chi connectivity index (χ1n) is 20.2. The number of hydrogen-bond donors (Lipinski definition) is 6. The highest BCUT2D eigenvalue weighted by Gasteiger charge is 2.31. The SMILES string of the molecule is Cc1nc2ccc(NC(=O)[C@H](Cc3ccc(-c4ccc(C(=O)NC5CCCCN5C(=O)O)cc4C)cc3)NC(=O)C3CCC(CNC(=O)OC(C)(C)C)CC3)cc2[nH]1. The number of aromatic amines is 1. The molecule has 14 heteroatoms. The van der Waals surface area contributed by atoms with Gasteiger partial charge in [-0.15, -0.1) is 0 Å². The molecule has 1 aliphatic carbocycles. The van der Waals surface area contributed by atoms with E-state index >= 15 is 0 Å². The van der Waals surface area contributed by atoms with Gasteiger partial charge in [-0.2, -0.15) is 0 Å². The van der Waals surface area contributed by atoms with Crippen LogP contribution in [-0.4, -0.2) is 80.8 Å². The predicted octanol–water partition coefficient (Wildman–Crippen LogP) is 7.06. The van der Waals surface area contributed by atoms with Crippen LogP contribution in [0.1, 0.15) is 93.0 Å². The molecule has 5 amide bonds. The van der Waals surface area contributed by atoms with Gasteiger partial charge in [0.05, 0.1) is 11.0 Å². The molecular formula is C44H55N7O7. The average Bonchev–Trinajstić information content (AvgIpc) is 3.56. The van der Waals surface area contributed by atoms with Gasteiger partial charge in [-0.05, 0) is 138 Å². The number of carbonyl (C=O) groups excluding carboxylic acids is 4. The second-order valence-corrected chi connectivity index (χ2v) is 16.6. The van der Waals surface area contributed by atoms with Crippen molar-refractivity contribution >= 4 is 46.6 Å². The largest absolute Gasteiger partial charge is 0.465 e. The molecule has 0 bridgehead atoms. The van der Waals surface area contributed by atoms with Crippen LogP contribution in [0.15, 0.2) is 60.7 Å². The van der Waals surface area contributed by atoms with E-state index in [2.05, 4.69) is 31.2 Å². The third-order valence-corrected chi connectivity index (χ3v) is 10.9. The number of carboxylic acid groups (broad SMARTS) is 1. The van der Waals surface area contributed by atoms with E-state index in [9.17, 15) is 29.1 Å². The van der Waals surface area contributed by atoms with Crippen LogP contribution in [0.4, 0.5) is 15.3 Å². The smallest absolute Gasteiger partial charge is 0.408 e. The zero-order chi connectivity index (χ0) is 41.6. The van der Waals surface area contributed by atoms with Crippen LogP contribution in [0.3, 0.4) is 0 Å². The van der Waals surface area contributed by atoms with E-state index in [1.807, 2.05) is 77.1 Å². The Morgan fingerprint density at radius 2 is 1.67 bits per heavy atom. The number of imidazole rings is 1. The number of piperidine rings is 1. The lowest BCUT2D eigenvalue weighted by Gasteiger charge is -2.33. The second kappa shape index (κ2) is 18.1. The highest BCUT2D eigenvalue weighted by molar-refractivity contribution is 5.99. The van der Waals surface area contributed by atoms with Gasteiger partial charge in [0.25, 0.3) is 5.91 Å². The van der Waals surface area contributed by atoms with Crippen LogP contribution in [0.2, 0.25) is 0 Å². The third-order valence-electron chi connectivity index (χ3n) is 10.9. The Morgan fingerprint density at radius 3 is 2.36 bits per heavy atom. The molecule has 14 nitrogen and oxygen atoms in total. The van der Waals surface area contributed by atoms with Gasteiger partial charge in [0.2, 0.25) is 11.8 Å². The van der Waals surface area contributed by atoms with E-state index < -0.39 is 30.0 Å². The number of ether oxygens (including phenoxy) is 1. The number of alkyl carbamates (subject to hydrolysis) is 1. The molecule has 2 aliphatic rings. The Labute approximate surface area is 338 Å². The number of aryl methyl sites for hydroxylation is 2. The molecule has 4 aromatic rings. The Balaban J connectivity index is 1.11. The summed E-state index contributed by atoms with van der Waals surface area (Å²) in [5, 5.41) is 21.4. The van der Waals surface area contributed by atoms with Gasteiger partial charge in [-0.25, -0.2) is 14.6 Å². The van der Waals surface area contributed by atoms with Crippen LogP contribution in [0, 0.1) is 25.7 Å². The number of fused-ring (bicyclic) bond motifs is 1. The lowest BCUT2D eigenvalue weighted by atomic mass is 9.81. The molecule has 0 radical (unpaired) electrons. The van der Waals surface area contributed by atoms with E-state index in [1.165, 1.54) is 4.90 Å². The van der Waals surface area contributed by atoms with Gasteiger partial charge in [-0.3, -0.25) is 19.3 Å². The number of carbonyl (C=O) groups is 5. The van der Waals surface area contributed by atoms with Gasteiger partial charge in [0.15, 0.2) is 0 Å². The molecule has 1 aromatic heterocycles. The summed E-state index contributed by atoms with van der Waals surface area (Å²) in [6, 6.07) is 17.8. The molecule has 0 spiro atoms. The summed E-state index contributed by atoms with van der Waals surface area (Å²) >= 11 is 0. The minimum atomic E-state index is -1.04. The average molecular weight is 794 g/mol. The Morgan fingerprint density at radius 1 is 0.931 bits per heavy atom. The van der Waals surface area contributed by atoms with Gasteiger partial charge in [0.1, 0.15) is 23.6 Å².